The summed E-state index contributed by atoms with van der Waals surface area (Å²) >= 11 is 1.36. The van der Waals surface area contributed by atoms with E-state index in [9.17, 15) is 29.4 Å². The fourth-order valence-corrected chi connectivity index (χ4v) is 7.04. The van der Waals surface area contributed by atoms with Gasteiger partial charge in [0.1, 0.15) is 5.70 Å². The van der Waals surface area contributed by atoms with Crippen LogP contribution < -0.4 is 16.2 Å². The fraction of sp³-hybridized carbons (Fsp3) is 0.440. The molecule has 12 heteroatoms. The molecule has 0 radical (unpaired) electrons. The Morgan fingerprint density at radius 1 is 1.24 bits per heavy atom. The Hall–Kier alpha value is -3.35. The topological polar surface area (TPSA) is 164 Å². The summed E-state index contributed by atoms with van der Waals surface area (Å²) in [6.45, 7) is 3.88. The Morgan fingerprint density at radius 2 is 2.00 bits per heavy atom. The Kier molecular flexibility index (Phi) is 6.73. The van der Waals surface area contributed by atoms with Gasteiger partial charge < -0.3 is 25.4 Å². The van der Waals surface area contributed by atoms with Crippen LogP contribution in [0.3, 0.4) is 0 Å². The van der Waals surface area contributed by atoms with Crippen molar-refractivity contribution in [2.24, 2.45) is 11.8 Å². The van der Waals surface area contributed by atoms with Crippen molar-refractivity contribution in [1.82, 2.24) is 26.1 Å². The van der Waals surface area contributed by atoms with Crippen LogP contribution in [0.1, 0.15) is 25.8 Å². The Bertz CT molecular complexity index is 1310. The smallest absolute Gasteiger partial charge is 0.353 e. The monoisotopic (exact) mass is 527 g/mol. The number of hydrazine groups is 1. The van der Waals surface area contributed by atoms with Gasteiger partial charge in [-0.3, -0.25) is 25.2 Å². The van der Waals surface area contributed by atoms with Gasteiger partial charge in [-0.15, -0.1) is 11.8 Å². The second-order valence-corrected chi connectivity index (χ2v) is 11.1. The summed E-state index contributed by atoms with van der Waals surface area (Å²) in [5, 5.41) is 23.8. The van der Waals surface area contributed by atoms with Crippen molar-refractivity contribution in [3.05, 3.63) is 46.6 Å². The number of aliphatic carboxylic acids is 1. The highest BCUT2D eigenvalue weighted by atomic mass is 32.2. The van der Waals surface area contributed by atoms with Crippen molar-refractivity contribution in [1.29, 1.82) is 0 Å². The first kappa shape index (κ1) is 25.3. The molecule has 1 aromatic heterocycles. The summed E-state index contributed by atoms with van der Waals surface area (Å²) in [4.78, 5) is 54.6. The number of benzene rings is 1. The lowest BCUT2D eigenvalue weighted by Gasteiger charge is -2.46. The van der Waals surface area contributed by atoms with Crippen LogP contribution >= 0.6 is 11.8 Å². The third-order valence-corrected chi connectivity index (χ3v) is 8.87. The highest BCUT2D eigenvalue weighted by Crippen LogP contribution is 2.51. The number of carboxylic acids is 1. The largest absolute Gasteiger partial charge is 0.477 e. The number of hydrogen-bond acceptors (Lipinski definition) is 7. The van der Waals surface area contributed by atoms with Crippen LogP contribution in [0.2, 0.25) is 0 Å². The van der Waals surface area contributed by atoms with Crippen LogP contribution in [0, 0.1) is 11.8 Å². The number of aromatic amines is 1. The minimum absolute atomic E-state index is 0.0261. The van der Waals surface area contributed by atoms with Crippen molar-refractivity contribution in [3.8, 4) is 0 Å². The van der Waals surface area contributed by atoms with Gasteiger partial charge in [0.05, 0.1) is 30.5 Å². The van der Waals surface area contributed by atoms with Gasteiger partial charge in [-0.1, -0.05) is 25.1 Å². The number of thioether (sulfide) groups is 1. The van der Waals surface area contributed by atoms with Gasteiger partial charge in [0.15, 0.2) is 0 Å². The van der Waals surface area contributed by atoms with Gasteiger partial charge in [-0.25, -0.2) is 4.79 Å². The lowest BCUT2D eigenvalue weighted by Crippen LogP contribution is -2.63. The van der Waals surface area contributed by atoms with Crippen LogP contribution in [0.15, 0.2) is 41.1 Å². The molecule has 1 aromatic carbocycles. The zero-order valence-electron chi connectivity index (χ0n) is 20.4. The Labute approximate surface area is 217 Å². The summed E-state index contributed by atoms with van der Waals surface area (Å²) in [5.41, 5.74) is 6.67. The van der Waals surface area contributed by atoms with Gasteiger partial charge in [0.2, 0.25) is 11.8 Å². The molecule has 1 unspecified atom stereocenters. The fourth-order valence-electron chi connectivity index (χ4n) is 5.56. The van der Waals surface area contributed by atoms with E-state index in [-0.39, 0.29) is 47.0 Å². The first-order chi connectivity index (χ1) is 17.7. The third-order valence-electron chi connectivity index (χ3n) is 7.36. The Morgan fingerprint density at radius 3 is 2.73 bits per heavy atom. The first-order valence-electron chi connectivity index (χ1n) is 12.2. The molecule has 6 atom stereocenters. The number of carbonyl (C=O) groups is 4. The van der Waals surface area contributed by atoms with Crippen LogP contribution in [-0.2, 0) is 25.6 Å². The minimum Gasteiger partial charge on any atom is -0.477 e. The molecular formula is C25H29N5O6S. The molecule has 4 heterocycles. The number of nitrogens with zero attached hydrogens (tertiary/aromatic N) is 1. The van der Waals surface area contributed by atoms with Gasteiger partial charge in [-0.05, 0) is 25.0 Å². The van der Waals surface area contributed by atoms with E-state index in [1.165, 1.54) is 16.7 Å². The summed E-state index contributed by atoms with van der Waals surface area (Å²) in [6, 6.07) is 6.72. The number of para-hydroxylation sites is 1. The molecule has 5 rings (SSSR count). The molecule has 0 spiro atoms. The van der Waals surface area contributed by atoms with Gasteiger partial charge in [-0.2, -0.15) is 0 Å². The SMILES string of the molecule is C[C@H]1C(S[C@@H]2CN[C@H](C(=O)NNC(=O)Cc3c[nH]c4ccccc34)C2)=C(C(=O)O)N2C(=O)[C@H]([C@@H](C)O)C12. The molecule has 37 heavy (non-hydrogen) atoms. The van der Waals surface area contributed by atoms with Crippen molar-refractivity contribution >= 4 is 46.4 Å². The van der Waals surface area contributed by atoms with E-state index in [1.54, 1.807) is 13.1 Å². The molecular weight excluding hydrogens is 498 g/mol. The van der Waals surface area contributed by atoms with Gasteiger partial charge in [0.25, 0.3) is 5.91 Å². The molecule has 3 aliphatic rings. The molecule has 6 N–H and O–H groups in total. The van der Waals surface area contributed by atoms with Gasteiger partial charge in [0, 0.05) is 39.7 Å². The lowest BCUT2D eigenvalue weighted by atomic mass is 9.79. The molecule has 0 saturated carbocycles. The van der Waals surface area contributed by atoms with Crippen molar-refractivity contribution < 1.29 is 29.4 Å². The minimum atomic E-state index is -1.17. The average molecular weight is 528 g/mol. The number of aliphatic hydroxyl groups is 1. The Balaban J connectivity index is 1.16. The number of carboxylic acid groups (broad SMARTS) is 1. The maximum atomic E-state index is 12.7. The summed E-state index contributed by atoms with van der Waals surface area (Å²) in [5.74, 6) is -3.12. The summed E-state index contributed by atoms with van der Waals surface area (Å²) in [6.07, 6.45) is 1.45. The number of carbonyl (C=O) groups excluding carboxylic acids is 3. The number of aliphatic hydroxyl groups excluding tert-OH is 1. The molecule has 0 aliphatic carbocycles. The number of aromatic nitrogens is 1. The molecule has 11 nitrogen and oxygen atoms in total. The predicted octanol–water partition coefficient (Wildman–Crippen LogP) is 0.475. The zero-order chi connectivity index (χ0) is 26.4. The molecule has 0 bridgehead atoms. The van der Waals surface area contributed by atoms with Crippen molar-refractivity contribution in [2.45, 2.75) is 50.1 Å². The second kappa shape index (κ2) is 9.84. The number of nitrogens with one attached hydrogen (secondary N) is 4. The highest BCUT2D eigenvalue weighted by molar-refractivity contribution is 8.03. The molecule has 3 amide bonds. The van der Waals surface area contributed by atoms with Crippen LogP contribution in [-0.4, -0.2) is 73.8 Å². The standard InChI is InChI=1S/C25H29N5O6S/c1-11-20-19(12(2)31)24(34)30(20)21(25(35)36)22(11)37-14-8-17(27-10-14)23(33)29-28-18(32)7-13-9-26-16-6-4-3-5-15(13)16/h3-6,9,11-12,14,17,19-20,26-27,31H,7-8,10H2,1-2H3,(H,28,32)(H,29,33)(H,35,36)/t11-,12-,14+,17+,19-,20?/m1/s1. The number of amides is 3. The van der Waals surface area contributed by atoms with E-state index in [2.05, 4.69) is 21.2 Å². The van der Waals surface area contributed by atoms with Crippen LogP contribution in [0.4, 0.5) is 0 Å². The quantitative estimate of drug-likeness (QED) is 0.224. The molecule has 196 valence electrons. The number of H-pyrrole nitrogens is 1. The number of hydrogen-bond donors (Lipinski definition) is 6. The highest BCUT2D eigenvalue weighted by Gasteiger charge is 2.60. The normalized spacial score (nSPS) is 27.7. The second-order valence-electron chi connectivity index (χ2n) is 9.78. The zero-order valence-corrected chi connectivity index (χ0v) is 21.2. The number of fused-ring (bicyclic) bond motifs is 2. The van der Waals surface area contributed by atoms with Gasteiger partial charge >= 0.3 is 5.97 Å². The van der Waals surface area contributed by atoms with E-state index in [0.717, 1.165) is 16.5 Å². The molecule has 3 aliphatic heterocycles. The van der Waals surface area contributed by atoms with Crippen LogP contribution in [0.25, 0.3) is 10.9 Å². The molecule has 2 aromatic rings. The third kappa shape index (κ3) is 4.49. The lowest BCUT2D eigenvalue weighted by molar-refractivity contribution is -0.163. The van der Waals surface area contributed by atoms with Crippen molar-refractivity contribution in [2.75, 3.05) is 6.54 Å². The molecule has 2 fully saturated rings. The van der Waals surface area contributed by atoms with E-state index in [0.29, 0.717) is 17.9 Å². The maximum Gasteiger partial charge on any atom is 0.353 e. The van der Waals surface area contributed by atoms with E-state index >= 15 is 0 Å². The average Bonchev–Trinajstić information content (AvgIpc) is 3.54. The summed E-state index contributed by atoms with van der Waals surface area (Å²) in [7, 11) is 0. The first-order valence-corrected chi connectivity index (χ1v) is 13.1. The van der Waals surface area contributed by atoms with E-state index < -0.39 is 24.0 Å². The summed E-state index contributed by atoms with van der Waals surface area (Å²) < 4.78 is 0. The van der Waals surface area contributed by atoms with E-state index in [4.69, 9.17) is 0 Å². The predicted molar refractivity (Wildman–Crippen MR) is 136 cm³/mol. The van der Waals surface area contributed by atoms with Crippen molar-refractivity contribution in [3.63, 3.8) is 0 Å². The number of β-lactam (4-membered cyclic amide) rings is 1. The maximum absolute atomic E-state index is 12.7. The number of rotatable bonds is 7. The molecule has 2 saturated heterocycles. The van der Waals surface area contributed by atoms with E-state index in [1.807, 2.05) is 31.2 Å². The van der Waals surface area contributed by atoms with Crippen LogP contribution in [0.5, 0.6) is 0 Å².